The predicted octanol–water partition coefficient (Wildman–Crippen LogP) is 2.19. The van der Waals surface area contributed by atoms with Crippen LogP contribution < -0.4 is 16.1 Å². The zero-order valence-corrected chi connectivity index (χ0v) is 16.3. The molecular formula is C19H22ClFN4O3. The largest absolute Gasteiger partial charge is 0.462 e. The molecule has 0 aromatic carbocycles. The van der Waals surface area contributed by atoms with E-state index in [0.29, 0.717) is 25.2 Å². The first-order valence-corrected chi connectivity index (χ1v) is 9.91. The van der Waals surface area contributed by atoms with Gasteiger partial charge in [0, 0.05) is 31.4 Å². The number of carbonyl (C=O) groups is 1. The number of aromatic nitrogens is 2. The molecule has 3 heterocycles. The van der Waals surface area contributed by atoms with E-state index in [1.807, 2.05) is 0 Å². The Balaban J connectivity index is 1.90. The molecule has 2 atom stereocenters. The van der Waals surface area contributed by atoms with E-state index >= 15 is 0 Å². The lowest BCUT2D eigenvalue weighted by molar-refractivity contribution is 0.0524. The van der Waals surface area contributed by atoms with Crippen LogP contribution in [0.4, 0.5) is 10.2 Å². The lowest BCUT2D eigenvalue weighted by Crippen LogP contribution is -2.36. The third kappa shape index (κ3) is 3.24. The maximum Gasteiger partial charge on any atom is 0.343 e. The molecule has 2 fully saturated rings. The van der Waals surface area contributed by atoms with E-state index < -0.39 is 17.2 Å². The minimum Gasteiger partial charge on any atom is -0.462 e. The van der Waals surface area contributed by atoms with E-state index in [-0.39, 0.29) is 40.8 Å². The highest BCUT2D eigenvalue weighted by Crippen LogP contribution is 2.38. The maximum absolute atomic E-state index is 15.0. The Morgan fingerprint density at radius 1 is 1.46 bits per heavy atom. The fraction of sp³-hybridized carbons (Fsp3) is 0.526. The minimum atomic E-state index is -0.707. The summed E-state index contributed by atoms with van der Waals surface area (Å²) in [5.74, 6) is -1.19. The second-order valence-corrected chi connectivity index (χ2v) is 7.89. The Morgan fingerprint density at radius 3 is 2.86 bits per heavy atom. The van der Waals surface area contributed by atoms with E-state index in [0.717, 1.165) is 18.9 Å². The van der Waals surface area contributed by atoms with Gasteiger partial charge in [-0.15, -0.1) is 11.6 Å². The van der Waals surface area contributed by atoms with Crippen molar-refractivity contribution in [3.8, 4) is 0 Å². The summed E-state index contributed by atoms with van der Waals surface area (Å²) in [6.07, 6.45) is 3.96. The van der Waals surface area contributed by atoms with E-state index in [1.54, 1.807) is 16.4 Å². The fourth-order valence-electron chi connectivity index (χ4n) is 3.77. The average molecular weight is 409 g/mol. The van der Waals surface area contributed by atoms with Crippen molar-refractivity contribution in [2.45, 2.75) is 43.6 Å². The molecular weight excluding hydrogens is 387 g/mol. The Labute approximate surface area is 166 Å². The SMILES string of the molecule is CCOC(=O)c1cn(C2CC2)c2nc(N3C[C@H](Cl)C[C@@H]3CN)c(F)cc2c1=O. The molecule has 1 aliphatic heterocycles. The Kier molecular flexibility index (Phi) is 5.01. The molecule has 2 aliphatic rings. The summed E-state index contributed by atoms with van der Waals surface area (Å²) in [7, 11) is 0. The number of carbonyl (C=O) groups excluding carboxylic acids is 1. The number of anilines is 1. The number of alkyl halides is 1. The summed E-state index contributed by atoms with van der Waals surface area (Å²) >= 11 is 6.25. The summed E-state index contributed by atoms with van der Waals surface area (Å²) < 4.78 is 21.7. The number of rotatable bonds is 5. The van der Waals surface area contributed by atoms with Gasteiger partial charge in [-0.1, -0.05) is 0 Å². The molecule has 7 nitrogen and oxygen atoms in total. The molecule has 2 aromatic rings. The Bertz CT molecular complexity index is 991. The number of esters is 1. The zero-order valence-electron chi connectivity index (χ0n) is 15.5. The first kappa shape index (κ1) is 19.1. The highest BCUT2D eigenvalue weighted by molar-refractivity contribution is 6.21. The van der Waals surface area contributed by atoms with Crippen molar-refractivity contribution < 1.29 is 13.9 Å². The summed E-state index contributed by atoms with van der Waals surface area (Å²) in [5, 5.41) is -0.0631. The predicted molar refractivity (Wildman–Crippen MR) is 105 cm³/mol. The number of halogens is 2. The van der Waals surface area contributed by atoms with Crippen LogP contribution >= 0.6 is 11.6 Å². The van der Waals surface area contributed by atoms with Gasteiger partial charge in [0.1, 0.15) is 11.2 Å². The third-order valence-corrected chi connectivity index (χ3v) is 5.60. The van der Waals surface area contributed by atoms with Crippen LogP contribution in [0.15, 0.2) is 17.1 Å². The van der Waals surface area contributed by atoms with Crippen LogP contribution in [0.25, 0.3) is 11.0 Å². The van der Waals surface area contributed by atoms with E-state index in [2.05, 4.69) is 4.98 Å². The number of nitrogens with zero attached hydrogens (tertiary/aromatic N) is 3. The van der Waals surface area contributed by atoms with Crippen molar-refractivity contribution in [3.63, 3.8) is 0 Å². The van der Waals surface area contributed by atoms with Crippen LogP contribution in [-0.2, 0) is 4.74 Å². The van der Waals surface area contributed by atoms with Crippen molar-refractivity contribution >= 4 is 34.4 Å². The summed E-state index contributed by atoms with van der Waals surface area (Å²) in [6, 6.07) is 1.19. The van der Waals surface area contributed by atoms with Gasteiger partial charge in [0.25, 0.3) is 0 Å². The van der Waals surface area contributed by atoms with Crippen LogP contribution in [0.5, 0.6) is 0 Å². The fourth-order valence-corrected chi connectivity index (χ4v) is 4.12. The van der Waals surface area contributed by atoms with Crippen LogP contribution in [0, 0.1) is 5.82 Å². The van der Waals surface area contributed by atoms with Gasteiger partial charge in [0.15, 0.2) is 11.6 Å². The van der Waals surface area contributed by atoms with Crippen molar-refractivity contribution in [2.75, 3.05) is 24.6 Å². The van der Waals surface area contributed by atoms with Crippen LogP contribution in [0.2, 0.25) is 0 Å². The minimum absolute atomic E-state index is 0.0737. The number of pyridine rings is 2. The molecule has 0 radical (unpaired) electrons. The van der Waals surface area contributed by atoms with Crippen molar-refractivity contribution in [2.24, 2.45) is 5.73 Å². The lowest BCUT2D eigenvalue weighted by Gasteiger charge is -2.25. The second-order valence-electron chi connectivity index (χ2n) is 7.27. The molecule has 0 spiro atoms. The monoisotopic (exact) mass is 408 g/mol. The molecule has 0 amide bonds. The highest BCUT2D eigenvalue weighted by atomic mass is 35.5. The van der Waals surface area contributed by atoms with Crippen molar-refractivity contribution in [1.29, 1.82) is 0 Å². The molecule has 0 unspecified atom stereocenters. The molecule has 28 heavy (non-hydrogen) atoms. The Morgan fingerprint density at radius 2 is 2.21 bits per heavy atom. The number of hydrogen-bond acceptors (Lipinski definition) is 6. The van der Waals surface area contributed by atoms with Gasteiger partial charge in [-0.25, -0.2) is 14.2 Å². The first-order valence-electron chi connectivity index (χ1n) is 9.47. The summed E-state index contributed by atoms with van der Waals surface area (Å²) in [5.41, 5.74) is 5.52. The lowest BCUT2D eigenvalue weighted by atomic mass is 10.1. The smallest absolute Gasteiger partial charge is 0.343 e. The van der Waals surface area contributed by atoms with Crippen molar-refractivity contribution in [3.05, 3.63) is 33.9 Å². The number of nitrogens with two attached hydrogens (primary N) is 1. The number of fused-ring (bicyclic) bond motifs is 1. The summed E-state index contributed by atoms with van der Waals surface area (Å²) in [6.45, 7) is 2.59. The zero-order chi connectivity index (χ0) is 20.0. The van der Waals surface area contributed by atoms with Crippen LogP contribution in [-0.4, -0.2) is 46.6 Å². The molecule has 1 saturated carbocycles. The topological polar surface area (TPSA) is 90.5 Å². The van der Waals surface area contributed by atoms with Gasteiger partial charge < -0.3 is 19.9 Å². The van der Waals surface area contributed by atoms with Crippen LogP contribution in [0.1, 0.15) is 42.6 Å². The quantitative estimate of drug-likeness (QED) is 0.602. The highest BCUT2D eigenvalue weighted by Gasteiger charge is 2.34. The Hall–Kier alpha value is -2.19. The van der Waals surface area contributed by atoms with Gasteiger partial charge in [-0.05, 0) is 32.3 Å². The number of ether oxygens (including phenoxy) is 1. The first-order chi connectivity index (χ1) is 13.4. The van der Waals surface area contributed by atoms with E-state index in [1.165, 1.54) is 6.20 Å². The van der Waals surface area contributed by atoms with E-state index in [4.69, 9.17) is 22.1 Å². The van der Waals surface area contributed by atoms with Crippen LogP contribution in [0.3, 0.4) is 0 Å². The molecule has 2 aromatic heterocycles. The van der Waals surface area contributed by atoms with Gasteiger partial charge in [0.2, 0.25) is 5.43 Å². The molecule has 150 valence electrons. The average Bonchev–Trinajstić information content (AvgIpc) is 3.44. The molecule has 1 aliphatic carbocycles. The van der Waals surface area contributed by atoms with E-state index in [9.17, 15) is 14.0 Å². The van der Waals surface area contributed by atoms with Gasteiger partial charge in [0.05, 0.1) is 17.4 Å². The molecule has 1 saturated heterocycles. The molecule has 4 rings (SSSR count). The molecule has 9 heteroatoms. The van der Waals surface area contributed by atoms with Crippen molar-refractivity contribution in [1.82, 2.24) is 9.55 Å². The van der Waals surface area contributed by atoms with Gasteiger partial charge in [-0.3, -0.25) is 4.79 Å². The van der Waals surface area contributed by atoms with Gasteiger partial charge >= 0.3 is 5.97 Å². The normalized spacial score (nSPS) is 22.1. The maximum atomic E-state index is 15.0. The van der Waals surface area contributed by atoms with Gasteiger partial charge in [-0.2, -0.15) is 0 Å². The molecule has 2 N–H and O–H groups in total. The third-order valence-electron chi connectivity index (χ3n) is 5.28. The second kappa shape index (κ2) is 7.33. The summed E-state index contributed by atoms with van der Waals surface area (Å²) in [4.78, 5) is 31.3. The number of hydrogen-bond donors (Lipinski definition) is 1. The molecule has 0 bridgehead atoms. The standard InChI is InChI=1S/C19H22ClFN4O3/c1-2-28-19(27)14-9-25(11-3-4-11)17-13(16(14)26)6-15(21)18(23-17)24-8-10(20)5-12(24)7-22/h6,9-12H,2-5,7-8,22H2,1H3/t10-,12-/m1/s1.